The predicted octanol–water partition coefficient (Wildman–Crippen LogP) is 2.69. The molecule has 0 aliphatic heterocycles. The van der Waals surface area contributed by atoms with Gasteiger partial charge in [-0.15, -0.1) is 11.6 Å². The third-order valence-corrected chi connectivity index (χ3v) is 3.43. The fourth-order valence-corrected chi connectivity index (χ4v) is 2.09. The second-order valence-corrected chi connectivity index (χ2v) is 6.14. The van der Waals surface area contributed by atoms with Gasteiger partial charge in [0.1, 0.15) is 5.52 Å². The van der Waals surface area contributed by atoms with Crippen molar-refractivity contribution >= 4 is 22.9 Å². The van der Waals surface area contributed by atoms with E-state index in [2.05, 4.69) is 42.2 Å². The van der Waals surface area contributed by atoms with Crippen LogP contribution in [0.25, 0.3) is 5.52 Å². The number of fused-ring (bicyclic) bond motifs is 1. The minimum absolute atomic E-state index is 0.00169. The predicted molar refractivity (Wildman–Crippen MR) is 81.7 cm³/mol. The molecule has 1 atom stereocenters. The zero-order valence-electron chi connectivity index (χ0n) is 12.4. The molecule has 0 bridgehead atoms. The highest BCUT2D eigenvalue weighted by atomic mass is 35.5. The van der Waals surface area contributed by atoms with Crippen LogP contribution in [0.3, 0.4) is 0 Å². The van der Waals surface area contributed by atoms with E-state index >= 15 is 0 Å². The first-order chi connectivity index (χ1) is 9.45. The Labute approximate surface area is 124 Å². The van der Waals surface area contributed by atoms with Crippen LogP contribution in [0.5, 0.6) is 0 Å². The molecule has 0 saturated carbocycles. The molecule has 1 unspecified atom stereocenters. The van der Waals surface area contributed by atoms with Crippen LogP contribution in [-0.2, 0) is 10.2 Å². The Kier molecular flexibility index (Phi) is 4.50. The maximum absolute atomic E-state index is 5.93. The van der Waals surface area contributed by atoms with Crippen molar-refractivity contribution < 1.29 is 4.74 Å². The first-order valence-electron chi connectivity index (χ1n) is 6.62. The van der Waals surface area contributed by atoms with Gasteiger partial charge < -0.3 is 10.1 Å². The molecule has 1 N–H and O–H groups in total. The summed E-state index contributed by atoms with van der Waals surface area (Å²) in [6.45, 7) is 6.96. The summed E-state index contributed by atoms with van der Waals surface area (Å²) < 4.78 is 6.98. The molecule has 110 valence electrons. The molecule has 0 saturated heterocycles. The summed E-state index contributed by atoms with van der Waals surface area (Å²) in [7, 11) is 1.66. The second kappa shape index (κ2) is 5.97. The minimum atomic E-state index is 0.00169. The number of halogens is 1. The first-order valence-corrected chi connectivity index (χ1v) is 7.15. The molecule has 6 heteroatoms. The van der Waals surface area contributed by atoms with Gasteiger partial charge >= 0.3 is 0 Å². The number of nitrogens with one attached hydrogen (secondary N) is 1. The van der Waals surface area contributed by atoms with Gasteiger partial charge in [0.15, 0.2) is 5.82 Å². The summed E-state index contributed by atoms with van der Waals surface area (Å²) in [6.07, 6.45) is 3.58. The SMILES string of the molecule is COCC(CCl)Nc1nccn2nc(C(C)(C)C)cc12. The van der Waals surface area contributed by atoms with Crippen molar-refractivity contribution in [1.29, 1.82) is 0 Å². The van der Waals surface area contributed by atoms with Crippen LogP contribution in [0.2, 0.25) is 0 Å². The van der Waals surface area contributed by atoms with Crippen LogP contribution < -0.4 is 5.32 Å². The van der Waals surface area contributed by atoms with Gasteiger partial charge in [-0.3, -0.25) is 0 Å². The lowest BCUT2D eigenvalue weighted by molar-refractivity contribution is 0.191. The molecule has 20 heavy (non-hydrogen) atoms. The highest BCUT2D eigenvalue weighted by Gasteiger charge is 2.19. The zero-order valence-corrected chi connectivity index (χ0v) is 13.1. The Morgan fingerprint density at radius 3 is 2.80 bits per heavy atom. The molecular formula is C14H21ClN4O. The zero-order chi connectivity index (χ0) is 14.8. The van der Waals surface area contributed by atoms with Gasteiger partial charge in [0.2, 0.25) is 0 Å². The van der Waals surface area contributed by atoms with E-state index in [9.17, 15) is 0 Å². The molecule has 0 aliphatic carbocycles. The molecule has 2 rings (SSSR count). The standard InChI is InChI=1S/C14H21ClN4O/c1-14(2,3)12-7-11-13(16-5-6-19(11)18-12)17-10(8-15)9-20-4/h5-7,10H,8-9H2,1-4H3,(H,16,17). The monoisotopic (exact) mass is 296 g/mol. The van der Waals surface area contributed by atoms with Crippen molar-refractivity contribution in [2.45, 2.75) is 32.2 Å². The number of alkyl halides is 1. The van der Waals surface area contributed by atoms with Gasteiger partial charge in [-0.1, -0.05) is 20.8 Å². The number of methoxy groups -OCH3 is 1. The van der Waals surface area contributed by atoms with Gasteiger partial charge in [0.05, 0.1) is 18.3 Å². The second-order valence-electron chi connectivity index (χ2n) is 5.84. The topological polar surface area (TPSA) is 51.5 Å². The van der Waals surface area contributed by atoms with Crippen LogP contribution in [0, 0.1) is 0 Å². The Morgan fingerprint density at radius 1 is 1.45 bits per heavy atom. The van der Waals surface area contributed by atoms with E-state index in [1.165, 1.54) is 0 Å². The lowest BCUT2D eigenvalue weighted by Gasteiger charge is -2.15. The quantitative estimate of drug-likeness (QED) is 0.862. The van der Waals surface area contributed by atoms with Crippen LogP contribution in [0.15, 0.2) is 18.5 Å². The molecule has 0 aromatic carbocycles. The number of nitrogens with zero attached hydrogens (tertiary/aromatic N) is 3. The van der Waals surface area contributed by atoms with Crippen molar-refractivity contribution in [3.8, 4) is 0 Å². The Balaban J connectivity index is 2.36. The summed E-state index contributed by atoms with van der Waals surface area (Å²) in [4.78, 5) is 4.39. The van der Waals surface area contributed by atoms with E-state index in [1.54, 1.807) is 13.3 Å². The van der Waals surface area contributed by atoms with Crippen molar-refractivity contribution in [2.75, 3.05) is 24.9 Å². The maximum Gasteiger partial charge on any atom is 0.152 e. The number of hydrogen-bond acceptors (Lipinski definition) is 4. The van der Waals surface area contributed by atoms with Crippen LogP contribution in [-0.4, -0.2) is 40.2 Å². The number of ether oxygens (including phenoxy) is 1. The molecule has 5 nitrogen and oxygen atoms in total. The van der Waals surface area contributed by atoms with E-state index in [0.717, 1.165) is 17.0 Å². The average molecular weight is 297 g/mol. The minimum Gasteiger partial charge on any atom is -0.383 e. The largest absolute Gasteiger partial charge is 0.383 e. The number of hydrogen-bond donors (Lipinski definition) is 1. The van der Waals surface area contributed by atoms with E-state index in [1.807, 2.05) is 10.7 Å². The lowest BCUT2D eigenvalue weighted by atomic mass is 9.92. The van der Waals surface area contributed by atoms with Crippen molar-refractivity contribution in [1.82, 2.24) is 14.6 Å². The lowest BCUT2D eigenvalue weighted by Crippen LogP contribution is -2.27. The third-order valence-electron chi connectivity index (χ3n) is 3.05. The maximum atomic E-state index is 5.93. The highest BCUT2D eigenvalue weighted by Crippen LogP contribution is 2.24. The van der Waals surface area contributed by atoms with Crippen molar-refractivity contribution in [2.24, 2.45) is 0 Å². The third kappa shape index (κ3) is 3.22. The van der Waals surface area contributed by atoms with Crippen LogP contribution in [0.1, 0.15) is 26.5 Å². The average Bonchev–Trinajstić information content (AvgIpc) is 2.83. The number of anilines is 1. The summed E-state index contributed by atoms with van der Waals surface area (Å²) >= 11 is 5.93. The smallest absolute Gasteiger partial charge is 0.152 e. The van der Waals surface area contributed by atoms with Crippen molar-refractivity contribution in [3.63, 3.8) is 0 Å². The molecule has 0 aliphatic rings. The molecule has 0 amide bonds. The van der Waals surface area contributed by atoms with Crippen LogP contribution in [0.4, 0.5) is 5.82 Å². The molecule has 0 radical (unpaired) electrons. The van der Waals surface area contributed by atoms with E-state index < -0.39 is 0 Å². The van der Waals surface area contributed by atoms with E-state index in [0.29, 0.717) is 12.5 Å². The highest BCUT2D eigenvalue weighted by molar-refractivity contribution is 6.18. The van der Waals surface area contributed by atoms with Gasteiger partial charge in [0, 0.05) is 30.8 Å². The normalized spacial score (nSPS) is 13.7. The first kappa shape index (κ1) is 15.1. The van der Waals surface area contributed by atoms with E-state index in [4.69, 9.17) is 16.3 Å². The summed E-state index contributed by atoms with van der Waals surface area (Å²) in [5.74, 6) is 1.23. The van der Waals surface area contributed by atoms with Gasteiger partial charge in [-0.25, -0.2) is 9.50 Å². The Bertz CT molecular complexity index is 576. The Morgan fingerprint density at radius 2 is 2.20 bits per heavy atom. The fraction of sp³-hybridized carbons (Fsp3) is 0.571. The van der Waals surface area contributed by atoms with Crippen LogP contribution >= 0.6 is 11.6 Å². The van der Waals surface area contributed by atoms with E-state index in [-0.39, 0.29) is 11.5 Å². The van der Waals surface area contributed by atoms with Gasteiger partial charge in [-0.2, -0.15) is 5.10 Å². The number of aromatic nitrogens is 3. The van der Waals surface area contributed by atoms with Crippen molar-refractivity contribution in [3.05, 3.63) is 24.2 Å². The van der Waals surface area contributed by atoms with Gasteiger partial charge in [-0.05, 0) is 6.07 Å². The van der Waals surface area contributed by atoms with Gasteiger partial charge in [0.25, 0.3) is 0 Å². The molecule has 0 spiro atoms. The fourth-order valence-electron chi connectivity index (χ4n) is 1.92. The molecule has 0 fully saturated rings. The summed E-state index contributed by atoms with van der Waals surface area (Å²) in [5, 5.41) is 7.90. The number of rotatable bonds is 5. The molecular weight excluding hydrogens is 276 g/mol. The Hall–Kier alpha value is -1.33. The molecule has 2 aromatic heterocycles. The molecule has 2 aromatic rings. The summed E-state index contributed by atoms with van der Waals surface area (Å²) in [6, 6.07) is 2.08. The molecule has 2 heterocycles. The summed E-state index contributed by atoms with van der Waals surface area (Å²) in [5.41, 5.74) is 1.98.